The highest BCUT2D eigenvalue weighted by Gasteiger charge is 2.25. The van der Waals surface area contributed by atoms with E-state index >= 15 is 0 Å². The van der Waals surface area contributed by atoms with Gasteiger partial charge in [0.2, 0.25) is 10.2 Å². The Balaban J connectivity index is 0.000000192. The molecule has 0 amide bonds. The fourth-order valence-electron chi connectivity index (χ4n) is 5.76. The van der Waals surface area contributed by atoms with E-state index in [4.69, 9.17) is 43.6 Å². The van der Waals surface area contributed by atoms with Crippen LogP contribution >= 0.6 is 34.8 Å². The predicted octanol–water partition coefficient (Wildman–Crippen LogP) is 9.63. The van der Waals surface area contributed by atoms with Crippen molar-refractivity contribution in [2.45, 2.75) is 26.9 Å². The number of carbonyl (C=O) groups is 1. The zero-order valence-electron chi connectivity index (χ0n) is 32.5. The lowest BCUT2D eigenvalue weighted by Crippen LogP contribution is -2.17. The fraction of sp³-hybridized carbons (Fsp3) is 0.0244. The number of anilines is 4. The Morgan fingerprint density at radius 1 is 0.484 bits per heavy atom. The Labute approximate surface area is 381 Å². The number of fused-ring (bicyclic) bond motifs is 2. The third-order valence-corrected chi connectivity index (χ3v) is 14.7. The van der Waals surface area contributed by atoms with E-state index in [2.05, 4.69) is 23.9 Å². The first kappa shape index (κ1) is 45.9. The molecule has 330 valence electrons. The molecule has 3 aromatic heterocycles. The molecule has 16 nitrogen and oxygen atoms in total. The van der Waals surface area contributed by atoms with Gasteiger partial charge in [-0.1, -0.05) is 83.3 Å². The van der Waals surface area contributed by atoms with Gasteiger partial charge in [0, 0.05) is 44.7 Å². The van der Waals surface area contributed by atoms with Crippen LogP contribution in [-0.2, 0) is 40.1 Å². The number of nitrogens with zero attached hydrogens (tertiary/aromatic N) is 1. The van der Waals surface area contributed by atoms with Gasteiger partial charge in [-0.3, -0.25) is 23.7 Å². The highest BCUT2D eigenvalue weighted by molar-refractivity contribution is 7.93. The van der Waals surface area contributed by atoms with Crippen LogP contribution in [0.1, 0.15) is 17.3 Å². The van der Waals surface area contributed by atoms with Crippen LogP contribution in [0.5, 0.6) is 0 Å². The van der Waals surface area contributed by atoms with Gasteiger partial charge in [0.25, 0.3) is 40.1 Å². The summed E-state index contributed by atoms with van der Waals surface area (Å²) >= 11 is 17.7. The molecule has 64 heavy (non-hydrogen) atoms. The van der Waals surface area contributed by atoms with Crippen molar-refractivity contribution < 1.29 is 47.3 Å². The molecule has 5 aromatic carbocycles. The van der Waals surface area contributed by atoms with E-state index in [0.717, 1.165) is 6.20 Å². The highest BCUT2D eigenvalue weighted by atomic mass is 35.5. The van der Waals surface area contributed by atoms with Gasteiger partial charge in [-0.25, -0.2) is 21.8 Å². The highest BCUT2D eigenvalue weighted by Crippen LogP contribution is 2.34. The number of pyridine rings is 1. The average Bonchev–Trinajstić information content (AvgIpc) is 3.90. The number of para-hydroxylation sites is 2. The Hall–Kier alpha value is -6.13. The maximum absolute atomic E-state index is 12.9. The van der Waals surface area contributed by atoms with Crippen molar-refractivity contribution in [1.29, 1.82) is 0 Å². The van der Waals surface area contributed by atoms with Crippen LogP contribution in [0.4, 0.5) is 22.7 Å². The molecule has 3 heterocycles. The SMILES string of the molecule is CC(=O)c1cccc(S(=O)(=O)Nc2ccc(Cl)cc2NS(=O)(=O)c2cc3ccccc3o2)c1.O=S(=O)(Nc1ccc(Cl)cc1NS(=O)(=O)c1cc2ccccc2o1)c1ccc(Cl)nc1. The first-order valence-electron chi connectivity index (χ1n) is 18.1. The summed E-state index contributed by atoms with van der Waals surface area (Å²) in [7, 11) is -16.6. The molecule has 0 aliphatic rings. The Morgan fingerprint density at radius 3 is 1.41 bits per heavy atom. The van der Waals surface area contributed by atoms with Crippen molar-refractivity contribution >= 4 is 125 Å². The van der Waals surface area contributed by atoms with Gasteiger partial charge in [0.15, 0.2) is 5.78 Å². The van der Waals surface area contributed by atoms with E-state index in [0.29, 0.717) is 21.9 Å². The van der Waals surface area contributed by atoms with Crippen LogP contribution in [-0.4, -0.2) is 44.4 Å². The topological polar surface area (TPSA) is 241 Å². The van der Waals surface area contributed by atoms with E-state index < -0.39 is 40.1 Å². The second kappa shape index (κ2) is 18.2. The second-order valence-electron chi connectivity index (χ2n) is 13.4. The number of carbonyl (C=O) groups excluding carboxylic acids is 1. The first-order chi connectivity index (χ1) is 30.2. The molecule has 0 spiro atoms. The molecule has 8 rings (SSSR count). The number of aromatic nitrogens is 1. The monoisotopic (exact) mass is 1000 g/mol. The Morgan fingerprint density at radius 2 is 0.953 bits per heavy atom. The summed E-state index contributed by atoms with van der Waals surface area (Å²) in [6, 6.07) is 32.4. The van der Waals surface area contributed by atoms with Crippen LogP contribution in [0.25, 0.3) is 21.9 Å². The lowest BCUT2D eigenvalue weighted by atomic mass is 10.2. The predicted molar refractivity (Wildman–Crippen MR) is 244 cm³/mol. The summed E-state index contributed by atoms with van der Waals surface area (Å²) in [5.74, 6) is -0.294. The summed E-state index contributed by atoms with van der Waals surface area (Å²) in [6.07, 6.45) is 1.08. The van der Waals surface area contributed by atoms with Gasteiger partial charge in [-0.15, -0.1) is 0 Å². The Kier molecular flexibility index (Phi) is 13.0. The number of nitrogens with one attached hydrogen (secondary N) is 4. The Bertz CT molecular complexity index is 3480. The van der Waals surface area contributed by atoms with E-state index in [1.54, 1.807) is 48.5 Å². The average molecular weight is 1000 g/mol. The molecular formula is C41H30Cl3N5O11S4. The number of hydrogen-bond acceptors (Lipinski definition) is 12. The zero-order valence-corrected chi connectivity index (χ0v) is 38.0. The normalized spacial score (nSPS) is 12.0. The van der Waals surface area contributed by atoms with Crippen LogP contribution < -0.4 is 18.9 Å². The molecule has 0 saturated carbocycles. The van der Waals surface area contributed by atoms with Gasteiger partial charge in [-0.05, 0) is 79.7 Å². The number of benzene rings is 5. The van der Waals surface area contributed by atoms with E-state index in [9.17, 15) is 38.5 Å². The summed E-state index contributed by atoms with van der Waals surface area (Å²) in [4.78, 5) is 15.0. The fourth-order valence-corrected chi connectivity index (χ4v) is 10.4. The summed E-state index contributed by atoms with van der Waals surface area (Å²) in [6.45, 7) is 1.32. The molecule has 0 radical (unpaired) electrons. The van der Waals surface area contributed by atoms with Crippen molar-refractivity contribution in [3.63, 3.8) is 0 Å². The second-order valence-corrected chi connectivity index (χ2v) is 21.3. The molecule has 0 saturated heterocycles. The van der Waals surface area contributed by atoms with E-state index in [1.807, 2.05) is 0 Å². The molecule has 0 unspecified atom stereocenters. The number of furan rings is 2. The summed E-state index contributed by atoms with van der Waals surface area (Å²) < 4.78 is 123. The van der Waals surface area contributed by atoms with E-state index in [1.165, 1.54) is 91.9 Å². The van der Waals surface area contributed by atoms with Gasteiger partial charge in [0.05, 0.1) is 27.6 Å². The van der Waals surface area contributed by atoms with Crippen molar-refractivity contribution in [3.05, 3.63) is 160 Å². The maximum Gasteiger partial charge on any atom is 0.295 e. The third kappa shape index (κ3) is 10.6. The molecule has 0 bridgehead atoms. The van der Waals surface area contributed by atoms with Gasteiger partial charge in [0.1, 0.15) is 21.2 Å². The maximum atomic E-state index is 12.9. The molecule has 23 heteroatoms. The summed E-state index contributed by atoms with van der Waals surface area (Å²) in [5, 5.41) is 1.03. The minimum atomic E-state index is -4.21. The molecule has 0 aliphatic carbocycles. The molecular weight excluding hydrogens is 973 g/mol. The standard InChI is InChI=1S/C22H17ClN2O6S2.C19H13Cl2N3O5S2/c1-14(26)15-6-4-7-18(11-15)32(27,28)24-19-10-9-17(23)13-20(19)25-33(29,30)22-12-16-5-2-3-8-21(16)31-22;20-13-5-7-15(23-30(25,26)14-6-8-18(21)22-11-14)16(10-13)24-31(27,28)19-9-12-3-1-2-4-17(12)29-19/h2-13,24-25H,1H3;1-11,23-24H. The lowest BCUT2D eigenvalue weighted by molar-refractivity contribution is 0.101. The summed E-state index contributed by atoms with van der Waals surface area (Å²) in [5.41, 5.74) is 0.708. The molecule has 0 fully saturated rings. The lowest BCUT2D eigenvalue weighted by Gasteiger charge is -2.14. The minimum absolute atomic E-state index is 0.0426. The van der Waals surface area contributed by atoms with Crippen LogP contribution in [0.3, 0.4) is 0 Å². The minimum Gasteiger partial charge on any atom is -0.443 e. The number of ketones is 1. The number of Topliss-reactive ketones (excluding diaryl/α,β-unsaturated/α-hetero) is 1. The number of rotatable bonds is 13. The van der Waals surface area contributed by atoms with Crippen LogP contribution in [0.2, 0.25) is 15.2 Å². The number of sulfonamides is 4. The van der Waals surface area contributed by atoms with Crippen molar-refractivity contribution in [1.82, 2.24) is 4.98 Å². The number of hydrogen-bond donors (Lipinski definition) is 4. The van der Waals surface area contributed by atoms with Crippen LogP contribution in [0, 0.1) is 0 Å². The largest absolute Gasteiger partial charge is 0.443 e. The van der Waals surface area contributed by atoms with Crippen molar-refractivity contribution in [2.24, 2.45) is 0 Å². The molecule has 0 atom stereocenters. The van der Waals surface area contributed by atoms with Crippen molar-refractivity contribution in [3.8, 4) is 0 Å². The molecule has 0 aliphatic heterocycles. The van der Waals surface area contributed by atoms with Gasteiger partial charge >= 0.3 is 0 Å². The van der Waals surface area contributed by atoms with Crippen molar-refractivity contribution in [2.75, 3.05) is 18.9 Å². The van der Waals surface area contributed by atoms with Gasteiger partial charge in [-0.2, -0.15) is 16.8 Å². The third-order valence-electron chi connectivity index (χ3n) is 8.84. The smallest absolute Gasteiger partial charge is 0.295 e. The molecule has 8 aromatic rings. The first-order valence-corrected chi connectivity index (χ1v) is 25.2. The van der Waals surface area contributed by atoms with Crippen LogP contribution in [0.15, 0.2) is 168 Å². The number of halogens is 3. The van der Waals surface area contributed by atoms with E-state index in [-0.39, 0.29) is 69.3 Å². The quantitative estimate of drug-likeness (QED) is 0.0623. The molecule has 4 N–H and O–H groups in total. The van der Waals surface area contributed by atoms with Gasteiger partial charge < -0.3 is 8.83 Å². The zero-order chi connectivity index (χ0) is 46.0.